The second-order valence-electron chi connectivity index (χ2n) is 7.50. The number of ether oxygens (including phenoxy) is 1. The van der Waals surface area contributed by atoms with E-state index in [0.29, 0.717) is 30.7 Å². The number of rotatable bonds is 10. The van der Waals surface area contributed by atoms with Gasteiger partial charge in [-0.3, -0.25) is 0 Å². The summed E-state index contributed by atoms with van der Waals surface area (Å²) in [6.07, 6.45) is 4.77. The van der Waals surface area contributed by atoms with E-state index in [1.807, 2.05) is 25.1 Å². The lowest BCUT2D eigenvalue weighted by atomic mass is 10.1. The third kappa shape index (κ3) is 5.98. The lowest BCUT2D eigenvalue weighted by molar-refractivity contribution is 0.145. The minimum Gasteiger partial charge on any atom is -0.450 e. The second-order valence-corrected chi connectivity index (χ2v) is 7.50. The molecule has 158 valence electrons. The standard InChI is InChI=1S/C22H30N4O2.CH4/c1-4-11-28-22(27)24-9-6-10-26(5-2)15-16-12-18(16)20-14-25-21-8-7-17(23-3)13-19(20)21;/h7-8,13-14,16,18,25H,4-6,9-12,15H2,1-2H3,(H,24,27);1H4. The van der Waals surface area contributed by atoms with Crippen LogP contribution in [0.2, 0.25) is 0 Å². The average molecular weight is 399 g/mol. The molecule has 0 aliphatic heterocycles. The Morgan fingerprint density at radius 3 is 2.97 bits per heavy atom. The zero-order valence-electron chi connectivity index (χ0n) is 16.8. The second kappa shape index (κ2) is 10.9. The van der Waals surface area contributed by atoms with Gasteiger partial charge < -0.3 is 19.9 Å². The number of aromatic amines is 1. The van der Waals surface area contributed by atoms with Crippen LogP contribution in [0.25, 0.3) is 15.7 Å². The summed E-state index contributed by atoms with van der Waals surface area (Å²) in [5.74, 6) is 1.24. The summed E-state index contributed by atoms with van der Waals surface area (Å²) in [7, 11) is 0. The Hall–Kier alpha value is -2.52. The van der Waals surface area contributed by atoms with Gasteiger partial charge in [0.25, 0.3) is 0 Å². The topological polar surface area (TPSA) is 61.7 Å². The Balaban J connectivity index is 0.00000300. The van der Waals surface area contributed by atoms with Crippen molar-refractivity contribution in [2.24, 2.45) is 5.92 Å². The molecule has 2 aromatic rings. The monoisotopic (exact) mass is 398 g/mol. The predicted molar refractivity (Wildman–Crippen MR) is 119 cm³/mol. The molecule has 6 heteroatoms. The number of H-pyrrole nitrogens is 1. The van der Waals surface area contributed by atoms with Crippen LogP contribution in [0.5, 0.6) is 0 Å². The molecule has 1 heterocycles. The van der Waals surface area contributed by atoms with Gasteiger partial charge in [-0.15, -0.1) is 0 Å². The normalized spacial score (nSPS) is 17.6. The van der Waals surface area contributed by atoms with Crippen molar-refractivity contribution in [3.05, 3.63) is 41.4 Å². The van der Waals surface area contributed by atoms with Gasteiger partial charge in [0.2, 0.25) is 0 Å². The average Bonchev–Trinajstić information content (AvgIpc) is 3.35. The largest absolute Gasteiger partial charge is 0.450 e. The van der Waals surface area contributed by atoms with Crippen LogP contribution in [-0.4, -0.2) is 48.8 Å². The first-order valence-corrected chi connectivity index (χ1v) is 10.3. The van der Waals surface area contributed by atoms with Crippen LogP contribution in [0, 0.1) is 12.5 Å². The van der Waals surface area contributed by atoms with Crippen molar-refractivity contribution in [2.45, 2.75) is 46.5 Å². The van der Waals surface area contributed by atoms with Crippen molar-refractivity contribution >= 4 is 22.7 Å². The number of carbonyl (C=O) groups is 1. The maximum absolute atomic E-state index is 11.5. The van der Waals surface area contributed by atoms with Crippen LogP contribution >= 0.6 is 0 Å². The van der Waals surface area contributed by atoms with E-state index in [0.717, 1.165) is 38.0 Å². The Morgan fingerprint density at radius 1 is 1.41 bits per heavy atom. The number of carbonyl (C=O) groups excluding carboxylic acids is 1. The fourth-order valence-corrected chi connectivity index (χ4v) is 3.79. The van der Waals surface area contributed by atoms with E-state index < -0.39 is 0 Å². The number of fused-ring (bicyclic) bond motifs is 1. The van der Waals surface area contributed by atoms with E-state index in [1.54, 1.807) is 0 Å². The lowest BCUT2D eigenvalue weighted by Crippen LogP contribution is -2.31. The molecule has 1 aliphatic rings. The van der Waals surface area contributed by atoms with Crippen LogP contribution in [0.15, 0.2) is 24.4 Å². The Kier molecular flexibility index (Phi) is 8.53. The number of amides is 1. The van der Waals surface area contributed by atoms with Gasteiger partial charge in [-0.2, -0.15) is 0 Å². The maximum Gasteiger partial charge on any atom is 0.407 e. The number of benzene rings is 1. The van der Waals surface area contributed by atoms with E-state index in [4.69, 9.17) is 11.3 Å². The first-order valence-electron chi connectivity index (χ1n) is 10.3. The van der Waals surface area contributed by atoms with Gasteiger partial charge in [-0.05, 0) is 67.3 Å². The molecule has 1 aromatic heterocycles. The van der Waals surface area contributed by atoms with E-state index in [-0.39, 0.29) is 13.5 Å². The van der Waals surface area contributed by atoms with Crippen molar-refractivity contribution in [1.82, 2.24) is 15.2 Å². The Morgan fingerprint density at radius 2 is 2.24 bits per heavy atom. The molecule has 2 atom stereocenters. The molecule has 0 spiro atoms. The van der Waals surface area contributed by atoms with Crippen molar-refractivity contribution in [2.75, 3.05) is 32.8 Å². The number of nitrogens with zero attached hydrogens (tertiary/aromatic N) is 2. The molecule has 1 aliphatic carbocycles. The zero-order valence-corrected chi connectivity index (χ0v) is 16.8. The number of alkyl carbamates (subject to hydrolysis) is 1. The van der Waals surface area contributed by atoms with Crippen molar-refractivity contribution < 1.29 is 9.53 Å². The Labute approximate surface area is 174 Å². The molecule has 1 amide bonds. The van der Waals surface area contributed by atoms with Crippen LogP contribution in [0.4, 0.5) is 10.5 Å². The molecule has 2 N–H and O–H groups in total. The maximum atomic E-state index is 11.5. The fraction of sp³-hybridized carbons (Fsp3) is 0.565. The number of hydrogen-bond donors (Lipinski definition) is 2. The van der Waals surface area contributed by atoms with Crippen molar-refractivity contribution in [3.63, 3.8) is 0 Å². The summed E-state index contributed by atoms with van der Waals surface area (Å²) in [6, 6.07) is 5.87. The molecule has 0 bridgehead atoms. The molecule has 29 heavy (non-hydrogen) atoms. The quantitative estimate of drug-likeness (QED) is 0.421. The van der Waals surface area contributed by atoms with E-state index >= 15 is 0 Å². The van der Waals surface area contributed by atoms with E-state index in [9.17, 15) is 4.79 Å². The van der Waals surface area contributed by atoms with E-state index in [2.05, 4.69) is 33.2 Å². The van der Waals surface area contributed by atoms with Crippen LogP contribution < -0.4 is 5.32 Å². The predicted octanol–water partition coefficient (Wildman–Crippen LogP) is 5.31. The molecule has 1 fully saturated rings. The highest BCUT2D eigenvalue weighted by Crippen LogP contribution is 2.50. The lowest BCUT2D eigenvalue weighted by Gasteiger charge is -2.20. The summed E-state index contributed by atoms with van der Waals surface area (Å²) in [6.45, 7) is 15.6. The fourth-order valence-electron chi connectivity index (χ4n) is 3.79. The summed E-state index contributed by atoms with van der Waals surface area (Å²) >= 11 is 0. The van der Waals surface area contributed by atoms with Crippen LogP contribution in [-0.2, 0) is 4.74 Å². The first-order chi connectivity index (χ1) is 13.7. The molecule has 1 aromatic carbocycles. The van der Waals surface area contributed by atoms with Gasteiger partial charge >= 0.3 is 6.09 Å². The highest BCUT2D eigenvalue weighted by molar-refractivity contribution is 5.87. The summed E-state index contributed by atoms with van der Waals surface area (Å²) in [5.41, 5.74) is 3.16. The highest BCUT2D eigenvalue weighted by Gasteiger charge is 2.40. The molecule has 0 saturated heterocycles. The summed E-state index contributed by atoms with van der Waals surface area (Å²) in [4.78, 5) is 20.8. The minimum atomic E-state index is -0.315. The van der Waals surface area contributed by atoms with Gasteiger partial charge in [-0.25, -0.2) is 9.64 Å². The zero-order chi connectivity index (χ0) is 19.9. The first kappa shape index (κ1) is 22.8. The van der Waals surface area contributed by atoms with Gasteiger partial charge in [0.15, 0.2) is 5.69 Å². The van der Waals surface area contributed by atoms with Crippen LogP contribution in [0.3, 0.4) is 0 Å². The third-order valence-corrected chi connectivity index (χ3v) is 5.45. The van der Waals surface area contributed by atoms with Gasteiger partial charge in [0.1, 0.15) is 0 Å². The summed E-state index contributed by atoms with van der Waals surface area (Å²) in [5, 5.41) is 4.01. The molecule has 1 saturated carbocycles. The van der Waals surface area contributed by atoms with Gasteiger partial charge in [0.05, 0.1) is 13.2 Å². The highest BCUT2D eigenvalue weighted by atomic mass is 16.5. The SMILES string of the molecule is C.[C-]#[N+]c1ccc2[nH]cc(C3CC3CN(CC)CCCNC(=O)OCCC)c2c1. The van der Waals surface area contributed by atoms with E-state index in [1.165, 1.54) is 17.4 Å². The van der Waals surface area contributed by atoms with Gasteiger partial charge in [0, 0.05) is 24.8 Å². The molecular formula is C23H34N4O2. The molecule has 6 nitrogen and oxygen atoms in total. The van der Waals surface area contributed by atoms with Crippen LogP contribution in [0.1, 0.15) is 52.0 Å². The number of nitrogens with one attached hydrogen (secondary N) is 2. The number of hydrogen-bond acceptors (Lipinski definition) is 3. The molecule has 3 rings (SSSR count). The molecule has 0 radical (unpaired) electrons. The smallest absolute Gasteiger partial charge is 0.407 e. The third-order valence-electron chi connectivity index (χ3n) is 5.45. The van der Waals surface area contributed by atoms with Crippen molar-refractivity contribution in [3.8, 4) is 0 Å². The van der Waals surface area contributed by atoms with Gasteiger partial charge in [-0.1, -0.05) is 27.3 Å². The molecular weight excluding hydrogens is 364 g/mol. The Bertz CT molecular complexity index is 839. The minimum absolute atomic E-state index is 0. The molecule has 2 unspecified atom stereocenters. The summed E-state index contributed by atoms with van der Waals surface area (Å²) < 4.78 is 5.02. The number of aromatic nitrogens is 1. The van der Waals surface area contributed by atoms with Crippen molar-refractivity contribution in [1.29, 1.82) is 0 Å².